The molecule has 0 aliphatic heterocycles. The summed E-state index contributed by atoms with van der Waals surface area (Å²) in [7, 11) is 4.08. The molecule has 20 heavy (non-hydrogen) atoms. The molecule has 1 atom stereocenters. The van der Waals surface area contributed by atoms with Gasteiger partial charge in [0.15, 0.2) is 0 Å². The third-order valence-electron chi connectivity index (χ3n) is 3.41. The van der Waals surface area contributed by atoms with E-state index in [9.17, 15) is 5.11 Å². The Labute approximate surface area is 120 Å². The third-order valence-corrected chi connectivity index (χ3v) is 3.41. The number of hydrogen-bond donors (Lipinski definition) is 2. The summed E-state index contributed by atoms with van der Waals surface area (Å²) in [4.78, 5) is 2.09. The molecule has 0 heterocycles. The minimum absolute atomic E-state index is 0.244. The Morgan fingerprint density at radius 2 is 1.80 bits per heavy atom. The van der Waals surface area contributed by atoms with Crippen LogP contribution in [0.4, 0.5) is 11.4 Å². The second kappa shape index (κ2) is 6.33. The highest BCUT2D eigenvalue weighted by atomic mass is 16.3. The molecule has 0 aromatic heterocycles. The van der Waals surface area contributed by atoms with Crippen LogP contribution in [0.25, 0.3) is 0 Å². The average Bonchev–Trinajstić information content (AvgIpc) is 2.46. The molecule has 2 rings (SSSR count). The smallest absolute Gasteiger partial charge is 0.115 e. The van der Waals surface area contributed by atoms with Gasteiger partial charge >= 0.3 is 0 Å². The van der Waals surface area contributed by atoms with E-state index in [0.29, 0.717) is 5.75 Å². The molecule has 3 heteroatoms. The predicted molar refractivity (Wildman–Crippen MR) is 85.5 cm³/mol. The van der Waals surface area contributed by atoms with Crippen molar-refractivity contribution in [1.82, 2.24) is 0 Å². The standard InChI is InChI=1S/C17H22N2O/c1-4-17(13-8-10-16(20)11-9-13)18-14-6-5-7-15(12-14)19(2)3/h5-12,17-18,20H,4H2,1-3H3. The van der Waals surface area contributed by atoms with Gasteiger partial charge in [0.05, 0.1) is 6.04 Å². The van der Waals surface area contributed by atoms with Crippen LogP contribution in [0.15, 0.2) is 48.5 Å². The van der Waals surface area contributed by atoms with Crippen LogP contribution in [0.2, 0.25) is 0 Å². The minimum atomic E-state index is 0.244. The van der Waals surface area contributed by atoms with Crippen molar-refractivity contribution < 1.29 is 5.11 Å². The summed E-state index contributed by atoms with van der Waals surface area (Å²) in [6.45, 7) is 2.15. The minimum Gasteiger partial charge on any atom is -0.508 e. The van der Waals surface area contributed by atoms with Gasteiger partial charge in [-0.1, -0.05) is 25.1 Å². The van der Waals surface area contributed by atoms with Crippen molar-refractivity contribution >= 4 is 11.4 Å². The van der Waals surface area contributed by atoms with Gasteiger partial charge in [-0.15, -0.1) is 0 Å². The topological polar surface area (TPSA) is 35.5 Å². The van der Waals surface area contributed by atoms with Gasteiger partial charge in [0.2, 0.25) is 0 Å². The Hall–Kier alpha value is -2.16. The fraction of sp³-hybridized carbons (Fsp3) is 0.294. The molecule has 0 fully saturated rings. The third kappa shape index (κ3) is 3.44. The molecule has 0 saturated heterocycles. The lowest BCUT2D eigenvalue weighted by molar-refractivity contribution is 0.475. The Bertz CT molecular complexity index is 549. The van der Waals surface area contributed by atoms with E-state index in [2.05, 4.69) is 41.4 Å². The SMILES string of the molecule is CCC(Nc1cccc(N(C)C)c1)c1ccc(O)cc1. The largest absolute Gasteiger partial charge is 0.508 e. The average molecular weight is 270 g/mol. The number of hydrogen-bond acceptors (Lipinski definition) is 3. The van der Waals surface area contributed by atoms with Crippen LogP contribution in [0.5, 0.6) is 5.75 Å². The molecular weight excluding hydrogens is 248 g/mol. The first-order chi connectivity index (χ1) is 9.60. The van der Waals surface area contributed by atoms with E-state index >= 15 is 0 Å². The number of aromatic hydroxyl groups is 1. The van der Waals surface area contributed by atoms with E-state index < -0.39 is 0 Å². The van der Waals surface area contributed by atoms with E-state index in [1.54, 1.807) is 12.1 Å². The predicted octanol–water partition coefficient (Wildman–Crippen LogP) is 4.02. The monoisotopic (exact) mass is 270 g/mol. The van der Waals surface area contributed by atoms with Gasteiger partial charge in [0.1, 0.15) is 5.75 Å². The van der Waals surface area contributed by atoms with Crippen LogP contribution >= 0.6 is 0 Å². The summed E-state index contributed by atoms with van der Waals surface area (Å²) in [5.74, 6) is 0.304. The highest BCUT2D eigenvalue weighted by Gasteiger charge is 2.09. The first kappa shape index (κ1) is 14.3. The lowest BCUT2D eigenvalue weighted by Gasteiger charge is -2.20. The van der Waals surface area contributed by atoms with E-state index in [0.717, 1.165) is 12.1 Å². The van der Waals surface area contributed by atoms with Gasteiger partial charge in [-0.05, 0) is 42.3 Å². The van der Waals surface area contributed by atoms with Crippen molar-refractivity contribution in [2.45, 2.75) is 19.4 Å². The Balaban J connectivity index is 2.17. The Morgan fingerprint density at radius 3 is 2.40 bits per heavy atom. The van der Waals surface area contributed by atoms with Crippen LogP contribution in [-0.4, -0.2) is 19.2 Å². The van der Waals surface area contributed by atoms with Gasteiger partial charge in [-0.3, -0.25) is 0 Å². The van der Waals surface area contributed by atoms with Crippen LogP contribution in [0.1, 0.15) is 24.9 Å². The summed E-state index contributed by atoms with van der Waals surface area (Å²) in [5.41, 5.74) is 3.47. The fourth-order valence-corrected chi connectivity index (χ4v) is 2.20. The van der Waals surface area contributed by atoms with E-state index in [1.165, 1.54) is 11.3 Å². The molecule has 2 aromatic carbocycles. The summed E-state index contributed by atoms with van der Waals surface area (Å²) < 4.78 is 0. The van der Waals surface area contributed by atoms with E-state index in [4.69, 9.17) is 0 Å². The molecule has 0 radical (unpaired) electrons. The summed E-state index contributed by atoms with van der Waals surface area (Å²) in [6.07, 6.45) is 0.983. The maximum Gasteiger partial charge on any atom is 0.115 e. The highest BCUT2D eigenvalue weighted by molar-refractivity contribution is 5.58. The van der Waals surface area contributed by atoms with Crippen molar-refractivity contribution in [2.75, 3.05) is 24.3 Å². The number of benzene rings is 2. The first-order valence-corrected chi connectivity index (χ1v) is 6.93. The van der Waals surface area contributed by atoms with E-state index in [1.807, 2.05) is 26.2 Å². The van der Waals surface area contributed by atoms with Gasteiger partial charge in [0.25, 0.3) is 0 Å². The van der Waals surface area contributed by atoms with Crippen LogP contribution in [0.3, 0.4) is 0 Å². The summed E-state index contributed by atoms with van der Waals surface area (Å²) in [6, 6.07) is 16.0. The highest BCUT2D eigenvalue weighted by Crippen LogP contribution is 2.26. The number of phenols is 1. The molecule has 106 valence electrons. The first-order valence-electron chi connectivity index (χ1n) is 6.93. The molecular formula is C17H22N2O. The normalized spacial score (nSPS) is 11.9. The number of phenolic OH excluding ortho intramolecular Hbond substituents is 1. The zero-order chi connectivity index (χ0) is 14.5. The Morgan fingerprint density at radius 1 is 1.10 bits per heavy atom. The van der Waals surface area contributed by atoms with Crippen molar-refractivity contribution in [3.8, 4) is 5.75 Å². The molecule has 3 nitrogen and oxygen atoms in total. The van der Waals surface area contributed by atoms with Gasteiger partial charge in [-0.25, -0.2) is 0 Å². The lowest BCUT2D eigenvalue weighted by atomic mass is 10.0. The molecule has 0 spiro atoms. The van der Waals surface area contributed by atoms with Crippen LogP contribution < -0.4 is 10.2 Å². The van der Waals surface area contributed by atoms with Crippen LogP contribution in [-0.2, 0) is 0 Å². The lowest BCUT2D eigenvalue weighted by Crippen LogP contribution is -2.11. The van der Waals surface area contributed by atoms with Gasteiger partial charge in [0, 0.05) is 25.5 Å². The molecule has 2 N–H and O–H groups in total. The van der Waals surface area contributed by atoms with Gasteiger partial charge in [-0.2, -0.15) is 0 Å². The molecule has 2 aromatic rings. The quantitative estimate of drug-likeness (QED) is 0.861. The zero-order valence-corrected chi connectivity index (χ0v) is 12.3. The fourth-order valence-electron chi connectivity index (χ4n) is 2.20. The molecule has 0 saturated carbocycles. The number of anilines is 2. The van der Waals surface area contributed by atoms with Crippen molar-refractivity contribution in [1.29, 1.82) is 0 Å². The van der Waals surface area contributed by atoms with Gasteiger partial charge < -0.3 is 15.3 Å². The van der Waals surface area contributed by atoms with Crippen molar-refractivity contribution in [3.05, 3.63) is 54.1 Å². The molecule has 0 aliphatic rings. The molecule has 0 amide bonds. The maximum absolute atomic E-state index is 9.37. The second-order valence-electron chi connectivity index (χ2n) is 5.14. The molecule has 1 unspecified atom stereocenters. The zero-order valence-electron chi connectivity index (χ0n) is 12.3. The number of nitrogens with zero attached hydrogens (tertiary/aromatic N) is 1. The van der Waals surface area contributed by atoms with E-state index in [-0.39, 0.29) is 6.04 Å². The summed E-state index contributed by atoms with van der Waals surface area (Å²) in [5, 5.41) is 12.9. The molecule has 0 bridgehead atoms. The second-order valence-corrected chi connectivity index (χ2v) is 5.14. The van der Waals surface area contributed by atoms with Crippen LogP contribution in [0, 0.1) is 0 Å². The molecule has 0 aliphatic carbocycles. The number of rotatable bonds is 5. The Kier molecular flexibility index (Phi) is 4.51. The summed E-state index contributed by atoms with van der Waals surface area (Å²) >= 11 is 0. The number of nitrogens with one attached hydrogen (secondary N) is 1. The van der Waals surface area contributed by atoms with Crippen molar-refractivity contribution in [3.63, 3.8) is 0 Å². The maximum atomic E-state index is 9.37. The van der Waals surface area contributed by atoms with Crippen molar-refractivity contribution in [2.24, 2.45) is 0 Å².